The summed E-state index contributed by atoms with van der Waals surface area (Å²) in [5, 5.41) is 0. The fourth-order valence-electron chi connectivity index (χ4n) is 7.65. The van der Waals surface area contributed by atoms with Gasteiger partial charge in [0.1, 0.15) is 0 Å². The van der Waals surface area contributed by atoms with Crippen LogP contribution in [0, 0.1) is 31.3 Å². The number of benzene rings is 6. The fraction of sp³-hybridized carbons (Fsp3) is 0.294. The number of halogens is 2. The SMILES string of the molecule is CCCC[IH]c1cc(C)c(N(c2ccc(CC)cc2)c2ccc(-c3ccc(N(c4ccc(CI)cc4)c4c(C)cc(CCCC)cc4C)cc3)cc2)c(C)c1. The molecule has 55 heavy (non-hydrogen) atoms. The van der Waals surface area contributed by atoms with E-state index in [0.717, 1.165) is 17.3 Å². The van der Waals surface area contributed by atoms with Crippen LogP contribution in [0.1, 0.15) is 85.4 Å². The molecule has 0 atom stereocenters. The second kappa shape index (κ2) is 19.5. The quantitative estimate of drug-likeness (QED) is 0.0542. The van der Waals surface area contributed by atoms with Crippen molar-refractivity contribution in [1.82, 2.24) is 0 Å². The Morgan fingerprint density at radius 2 is 0.873 bits per heavy atom. The number of rotatable bonds is 16. The molecule has 0 N–H and O–H groups in total. The molecule has 6 rings (SSSR count). The zero-order valence-corrected chi connectivity index (χ0v) is 38.4. The van der Waals surface area contributed by atoms with E-state index in [2.05, 4.69) is 202 Å². The van der Waals surface area contributed by atoms with Crippen LogP contribution < -0.4 is 9.80 Å². The van der Waals surface area contributed by atoms with Crippen LogP contribution >= 0.6 is 43.8 Å². The summed E-state index contributed by atoms with van der Waals surface area (Å²) >= 11 is 2.29. The summed E-state index contributed by atoms with van der Waals surface area (Å²) in [5.41, 5.74) is 19.2. The van der Waals surface area contributed by atoms with E-state index in [1.54, 1.807) is 3.57 Å². The first kappa shape index (κ1) is 41.0. The van der Waals surface area contributed by atoms with Crippen molar-refractivity contribution in [3.63, 3.8) is 0 Å². The maximum absolute atomic E-state index is 2.47. The minimum atomic E-state index is -0.159. The van der Waals surface area contributed by atoms with Gasteiger partial charge in [-0.2, -0.15) is 0 Å². The third kappa shape index (κ3) is 9.86. The van der Waals surface area contributed by atoms with Crippen molar-refractivity contribution in [3.05, 3.63) is 164 Å². The zero-order chi connectivity index (χ0) is 38.9. The Balaban J connectivity index is 1.34. The van der Waals surface area contributed by atoms with Gasteiger partial charge in [-0.1, -0.05) is 60.2 Å². The van der Waals surface area contributed by atoms with Crippen LogP contribution in [-0.2, 0) is 17.3 Å². The second-order valence-electron chi connectivity index (χ2n) is 14.9. The molecule has 0 aromatic heterocycles. The number of aryl methyl sites for hydroxylation is 6. The van der Waals surface area contributed by atoms with Gasteiger partial charge in [-0.25, -0.2) is 0 Å². The fourth-order valence-corrected chi connectivity index (χ4v) is 11.5. The average molecular weight is 953 g/mol. The summed E-state index contributed by atoms with van der Waals surface area (Å²) in [4.78, 5) is 4.91. The molecule has 0 radical (unpaired) electrons. The Kier molecular flexibility index (Phi) is 14.5. The van der Waals surface area contributed by atoms with E-state index in [1.165, 1.54) is 114 Å². The average Bonchev–Trinajstić information content (AvgIpc) is 3.20. The molecular formula is C51H58I2N2. The normalized spacial score (nSPS) is 11.3. The van der Waals surface area contributed by atoms with Crippen LogP contribution in [0.5, 0.6) is 0 Å². The first-order valence-corrected chi connectivity index (χ1v) is 24.5. The summed E-state index contributed by atoms with van der Waals surface area (Å²) in [5.74, 6) is 0. The van der Waals surface area contributed by atoms with E-state index in [1.807, 2.05) is 0 Å². The first-order chi connectivity index (χ1) is 26.7. The number of hydrogen-bond donors (Lipinski definition) is 0. The maximum atomic E-state index is 2.47. The van der Waals surface area contributed by atoms with Gasteiger partial charge in [0, 0.05) is 15.8 Å². The summed E-state index contributed by atoms with van der Waals surface area (Å²) in [6.07, 6.45) is 7.22. The molecule has 0 saturated heterocycles. The molecule has 0 saturated carbocycles. The van der Waals surface area contributed by atoms with Gasteiger partial charge in [-0.05, 0) is 61.1 Å². The molecule has 0 aliphatic rings. The summed E-state index contributed by atoms with van der Waals surface area (Å²) in [7, 11) is 0. The molecule has 6 aromatic carbocycles. The standard InChI is InChI=1S/C51H58I2N2/c1-8-11-13-42-31-36(4)50(37(5)32-42)54(47-24-16-41(35-52)17-25-47)48-26-18-43(19-27-48)44-20-28-49(29-21-44)55(46-22-14-40(10-3)15-23-46)51-38(6)33-45(34-39(51)7)53-30-12-9-2/h14-29,31-34,53H,8-13,30,35H2,1-7H3. The molecule has 6 aromatic rings. The Bertz CT molecular complexity index is 2100. The number of nitrogens with zero attached hydrogens (tertiary/aromatic N) is 2. The summed E-state index contributed by atoms with van der Waals surface area (Å²) in [6, 6.07) is 46.3. The topological polar surface area (TPSA) is 6.48 Å². The van der Waals surface area contributed by atoms with Crippen molar-refractivity contribution in [2.75, 3.05) is 14.2 Å². The zero-order valence-electron chi connectivity index (χ0n) is 33.9. The minimum absolute atomic E-state index is 0.159. The van der Waals surface area contributed by atoms with Gasteiger partial charge in [0.25, 0.3) is 0 Å². The van der Waals surface area contributed by atoms with Crippen LogP contribution in [-0.4, -0.2) is 4.43 Å². The molecule has 0 bridgehead atoms. The Labute approximate surface area is 355 Å². The number of alkyl halides is 2. The molecule has 286 valence electrons. The molecule has 0 amide bonds. The van der Waals surface area contributed by atoms with Gasteiger partial charge < -0.3 is 4.90 Å². The van der Waals surface area contributed by atoms with Crippen molar-refractivity contribution in [2.24, 2.45) is 0 Å². The van der Waals surface area contributed by atoms with E-state index in [0.29, 0.717) is 0 Å². The third-order valence-electron chi connectivity index (χ3n) is 10.6. The Hall–Kier alpha value is -3.62. The van der Waals surface area contributed by atoms with Gasteiger partial charge in [-0.15, -0.1) is 0 Å². The monoisotopic (exact) mass is 952 g/mol. The molecule has 0 spiro atoms. The number of anilines is 6. The predicted molar refractivity (Wildman–Crippen MR) is 260 cm³/mol. The number of unbranched alkanes of at least 4 members (excludes halogenated alkanes) is 2. The molecule has 0 heterocycles. The van der Waals surface area contributed by atoms with Gasteiger partial charge >= 0.3 is 211 Å². The predicted octanol–water partition coefficient (Wildman–Crippen LogP) is 16.0. The van der Waals surface area contributed by atoms with Crippen molar-refractivity contribution >= 4 is 77.9 Å². The van der Waals surface area contributed by atoms with Gasteiger partial charge in [0.15, 0.2) is 0 Å². The van der Waals surface area contributed by atoms with Crippen LogP contribution in [0.4, 0.5) is 34.1 Å². The van der Waals surface area contributed by atoms with E-state index in [-0.39, 0.29) is 21.2 Å². The molecule has 0 fully saturated rings. The molecular weight excluding hydrogens is 894 g/mol. The van der Waals surface area contributed by atoms with Crippen LogP contribution in [0.2, 0.25) is 0 Å². The van der Waals surface area contributed by atoms with Crippen LogP contribution in [0.15, 0.2) is 121 Å². The van der Waals surface area contributed by atoms with Crippen LogP contribution in [0.3, 0.4) is 0 Å². The molecule has 0 aliphatic heterocycles. The van der Waals surface area contributed by atoms with Crippen molar-refractivity contribution in [3.8, 4) is 11.1 Å². The van der Waals surface area contributed by atoms with Crippen molar-refractivity contribution in [2.45, 2.75) is 91.4 Å². The van der Waals surface area contributed by atoms with Gasteiger partial charge in [0.05, 0.1) is 5.69 Å². The Morgan fingerprint density at radius 1 is 0.473 bits per heavy atom. The van der Waals surface area contributed by atoms with E-state index < -0.39 is 0 Å². The molecule has 0 aliphatic carbocycles. The van der Waals surface area contributed by atoms with Crippen molar-refractivity contribution in [1.29, 1.82) is 0 Å². The third-order valence-corrected chi connectivity index (χ3v) is 14.5. The first-order valence-electron chi connectivity index (χ1n) is 20.1. The number of hydrogen-bond acceptors (Lipinski definition) is 2. The Morgan fingerprint density at radius 3 is 1.27 bits per heavy atom. The second-order valence-corrected chi connectivity index (χ2v) is 19.0. The molecule has 0 unspecified atom stereocenters. The van der Waals surface area contributed by atoms with E-state index in [9.17, 15) is 0 Å². The molecule has 4 heteroatoms. The molecule has 2 nitrogen and oxygen atoms in total. The van der Waals surface area contributed by atoms with Crippen LogP contribution in [0.25, 0.3) is 11.1 Å². The summed E-state index contributed by atoms with van der Waals surface area (Å²) in [6.45, 7) is 15.9. The van der Waals surface area contributed by atoms with Gasteiger partial charge in [-0.3, -0.25) is 0 Å². The van der Waals surface area contributed by atoms with E-state index >= 15 is 0 Å². The van der Waals surface area contributed by atoms with Gasteiger partial charge in [0.2, 0.25) is 0 Å². The van der Waals surface area contributed by atoms with E-state index in [4.69, 9.17) is 0 Å². The summed E-state index contributed by atoms with van der Waals surface area (Å²) < 4.78 is 3.95. The van der Waals surface area contributed by atoms with Crippen molar-refractivity contribution < 1.29 is 0 Å².